The van der Waals surface area contributed by atoms with Gasteiger partial charge in [-0.2, -0.15) is 0 Å². The second kappa shape index (κ2) is 9.17. The van der Waals surface area contributed by atoms with Crippen LogP contribution in [0.1, 0.15) is 36.0 Å². The van der Waals surface area contributed by atoms with Crippen molar-refractivity contribution in [2.75, 3.05) is 19.6 Å². The van der Waals surface area contributed by atoms with Crippen LogP contribution in [0.4, 0.5) is 0 Å². The molecule has 0 bridgehead atoms. The van der Waals surface area contributed by atoms with Crippen molar-refractivity contribution in [3.8, 4) is 0 Å². The van der Waals surface area contributed by atoms with Crippen LogP contribution in [0.15, 0.2) is 29.6 Å². The topological polar surface area (TPSA) is 75.4 Å². The number of nitrogens with one attached hydrogen (secondary N) is 1. The molecule has 0 aliphatic carbocycles. The first-order valence-corrected chi connectivity index (χ1v) is 9.32. The summed E-state index contributed by atoms with van der Waals surface area (Å²) in [5.41, 5.74) is 6.12. The van der Waals surface area contributed by atoms with Crippen molar-refractivity contribution in [1.82, 2.24) is 10.2 Å². The fourth-order valence-electron chi connectivity index (χ4n) is 3.20. The van der Waals surface area contributed by atoms with E-state index in [4.69, 9.17) is 5.73 Å². The predicted molar refractivity (Wildman–Crippen MR) is 104 cm³/mol. The highest BCUT2D eigenvalue weighted by Crippen LogP contribution is 2.24. The third-order valence-corrected chi connectivity index (χ3v) is 5.39. The number of fused-ring (bicyclic) bond motifs is 1. The van der Waals surface area contributed by atoms with Gasteiger partial charge in [-0.25, -0.2) is 0 Å². The zero-order chi connectivity index (χ0) is 16.9. The van der Waals surface area contributed by atoms with E-state index in [1.54, 1.807) is 11.3 Å². The van der Waals surface area contributed by atoms with Crippen molar-refractivity contribution >= 4 is 45.6 Å². The molecular weight excluding hydrogens is 358 g/mol. The summed E-state index contributed by atoms with van der Waals surface area (Å²) in [5.74, 6) is 0.0102. The summed E-state index contributed by atoms with van der Waals surface area (Å²) in [5, 5.41) is 6.05. The quantitative estimate of drug-likeness (QED) is 0.836. The predicted octanol–water partition coefficient (Wildman–Crippen LogP) is 2.78. The summed E-state index contributed by atoms with van der Waals surface area (Å²) in [4.78, 5) is 26.5. The van der Waals surface area contributed by atoms with Gasteiger partial charge in [0.2, 0.25) is 5.91 Å². The highest BCUT2D eigenvalue weighted by Gasteiger charge is 2.27. The van der Waals surface area contributed by atoms with Gasteiger partial charge < -0.3 is 16.0 Å². The molecule has 2 heterocycles. The summed E-state index contributed by atoms with van der Waals surface area (Å²) in [6, 6.07) is 7.98. The summed E-state index contributed by atoms with van der Waals surface area (Å²) >= 11 is 1.68. The third-order valence-electron chi connectivity index (χ3n) is 4.49. The van der Waals surface area contributed by atoms with Crippen LogP contribution in [0.5, 0.6) is 0 Å². The summed E-state index contributed by atoms with van der Waals surface area (Å²) in [6.07, 6.45) is 3.36. The van der Waals surface area contributed by atoms with E-state index in [-0.39, 0.29) is 30.3 Å². The number of hydrogen-bond donors (Lipinski definition) is 2. The number of thiophene rings is 1. The second-order valence-electron chi connectivity index (χ2n) is 6.16. The minimum Gasteiger partial charge on any atom is -0.354 e. The molecule has 3 rings (SSSR count). The lowest BCUT2D eigenvalue weighted by atomic mass is 10.00. The van der Waals surface area contributed by atoms with Crippen molar-refractivity contribution in [3.63, 3.8) is 0 Å². The number of carbonyl (C=O) groups excluding carboxylic acids is 2. The molecule has 1 unspecified atom stereocenters. The normalized spacial score (nSPS) is 17.2. The molecule has 136 valence electrons. The highest BCUT2D eigenvalue weighted by atomic mass is 35.5. The molecule has 1 saturated heterocycles. The Morgan fingerprint density at radius 3 is 2.92 bits per heavy atom. The number of likely N-dealkylation sites (tertiary alicyclic amines) is 1. The van der Waals surface area contributed by atoms with Crippen molar-refractivity contribution in [3.05, 3.63) is 35.2 Å². The van der Waals surface area contributed by atoms with Gasteiger partial charge in [-0.05, 0) is 54.3 Å². The number of halogens is 1. The second-order valence-corrected chi connectivity index (χ2v) is 7.11. The summed E-state index contributed by atoms with van der Waals surface area (Å²) in [7, 11) is 0. The van der Waals surface area contributed by atoms with Crippen LogP contribution in [-0.2, 0) is 4.79 Å². The Morgan fingerprint density at radius 2 is 2.12 bits per heavy atom. The molecule has 25 heavy (non-hydrogen) atoms. The van der Waals surface area contributed by atoms with Gasteiger partial charge >= 0.3 is 0 Å². The number of nitrogens with zero attached hydrogens (tertiary/aromatic N) is 1. The van der Waals surface area contributed by atoms with Gasteiger partial charge in [-0.3, -0.25) is 9.59 Å². The molecule has 1 atom stereocenters. The lowest BCUT2D eigenvalue weighted by Crippen LogP contribution is -2.49. The molecule has 2 amide bonds. The Labute approximate surface area is 158 Å². The fourth-order valence-corrected chi connectivity index (χ4v) is 3.97. The highest BCUT2D eigenvalue weighted by molar-refractivity contribution is 7.17. The molecule has 7 heteroatoms. The van der Waals surface area contributed by atoms with Crippen molar-refractivity contribution in [2.24, 2.45) is 5.73 Å². The van der Waals surface area contributed by atoms with E-state index in [0.717, 1.165) is 36.8 Å². The lowest BCUT2D eigenvalue weighted by Gasteiger charge is -2.36. The molecule has 1 aromatic heterocycles. The first kappa shape index (κ1) is 19.7. The number of hydrogen-bond acceptors (Lipinski definition) is 4. The van der Waals surface area contributed by atoms with Crippen LogP contribution in [0, 0.1) is 0 Å². The molecule has 0 spiro atoms. The average molecular weight is 382 g/mol. The average Bonchev–Trinajstić information content (AvgIpc) is 3.07. The first-order valence-electron chi connectivity index (χ1n) is 8.44. The van der Waals surface area contributed by atoms with Crippen LogP contribution < -0.4 is 11.1 Å². The van der Waals surface area contributed by atoms with Crippen LogP contribution in [-0.4, -0.2) is 42.4 Å². The number of nitrogens with two attached hydrogens (primary N) is 1. The van der Waals surface area contributed by atoms with Gasteiger partial charge in [0.25, 0.3) is 5.91 Å². The summed E-state index contributed by atoms with van der Waals surface area (Å²) < 4.78 is 1.19. The number of amides is 2. The first-order chi connectivity index (χ1) is 11.7. The number of carbonyl (C=O) groups is 2. The Hall–Kier alpha value is -1.63. The maximum atomic E-state index is 12.9. The van der Waals surface area contributed by atoms with Crippen LogP contribution in [0.2, 0.25) is 0 Å². The molecule has 1 aromatic carbocycles. The zero-order valence-corrected chi connectivity index (χ0v) is 15.7. The van der Waals surface area contributed by atoms with E-state index < -0.39 is 0 Å². The molecule has 5 nitrogen and oxygen atoms in total. The van der Waals surface area contributed by atoms with Gasteiger partial charge in [0, 0.05) is 42.4 Å². The summed E-state index contributed by atoms with van der Waals surface area (Å²) in [6.45, 7) is 1.60. The maximum Gasteiger partial charge on any atom is 0.254 e. The standard InChI is InChI=1S/C18H23N3O2S.ClH/c19-8-6-17(22)20-12-15-3-1-2-9-21(15)18(23)14-4-5-16-13(11-14)7-10-24-16;/h4-5,7,10-11,15H,1-3,6,8-9,12,19H2,(H,20,22);1H. The van der Waals surface area contributed by atoms with Crippen molar-refractivity contribution < 1.29 is 9.59 Å². The van der Waals surface area contributed by atoms with E-state index >= 15 is 0 Å². The molecule has 0 saturated carbocycles. The molecule has 3 N–H and O–H groups in total. The van der Waals surface area contributed by atoms with Gasteiger partial charge in [0.15, 0.2) is 0 Å². The SMILES string of the molecule is Cl.NCCC(=O)NCC1CCCCN1C(=O)c1ccc2sccc2c1. The molecule has 1 aliphatic rings. The van der Waals surface area contributed by atoms with E-state index in [1.807, 2.05) is 34.5 Å². The van der Waals surface area contributed by atoms with E-state index in [1.165, 1.54) is 4.70 Å². The Kier molecular flexibility index (Phi) is 7.23. The minimum atomic E-state index is -0.0461. The molecular formula is C18H24ClN3O2S. The van der Waals surface area contributed by atoms with Gasteiger partial charge in [-0.15, -0.1) is 23.7 Å². The van der Waals surface area contributed by atoms with E-state index in [0.29, 0.717) is 19.5 Å². The monoisotopic (exact) mass is 381 g/mol. The Bertz CT molecular complexity index is 734. The van der Waals surface area contributed by atoms with Crippen LogP contribution >= 0.6 is 23.7 Å². The molecule has 0 radical (unpaired) electrons. The van der Waals surface area contributed by atoms with Gasteiger partial charge in [0.05, 0.1) is 0 Å². The van der Waals surface area contributed by atoms with Gasteiger partial charge in [0.1, 0.15) is 0 Å². The van der Waals surface area contributed by atoms with Crippen LogP contribution in [0.3, 0.4) is 0 Å². The van der Waals surface area contributed by atoms with E-state index in [9.17, 15) is 9.59 Å². The fraction of sp³-hybridized carbons (Fsp3) is 0.444. The van der Waals surface area contributed by atoms with Gasteiger partial charge in [-0.1, -0.05) is 0 Å². The maximum absolute atomic E-state index is 12.9. The van der Waals surface area contributed by atoms with Crippen molar-refractivity contribution in [2.45, 2.75) is 31.7 Å². The van der Waals surface area contributed by atoms with Crippen molar-refractivity contribution in [1.29, 1.82) is 0 Å². The number of benzene rings is 1. The Morgan fingerprint density at radius 1 is 1.28 bits per heavy atom. The lowest BCUT2D eigenvalue weighted by molar-refractivity contribution is -0.121. The van der Waals surface area contributed by atoms with E-state index in [2.05, 4.69) is 5.32 Å². The zero-order valence-electron chi connectivity index (χ0n) is 14.1. The third kappa shape index (κ3) is 4.71. The number of piperidine rings is 1. The Balaban J connectivity index is 0.00000225. The molecule has 2 aromatic rings. The largest absolute Gasteiger partial charge is 0.354 e. The minimum absolute atomic E-state index is 0. The molecule has 1 fully saturated rings. The smallest absolute Gasteiger partial charge is 0.254 e. The number of rotatable bonds is 5. The molecule has 1 aliphatic heterocycles. The van der Waals surface area contributed by atoms with Crippen LogP contribution in [0.25, 0.3) is 10.1 Å².